The van der Waals surface area contributed by atoms with Crippen LogP contribution in [0.15, 0.2) is 12.1 Å². The van der Waals surface area contributed by atoms with E-state index in [-0.39, 0.29) is 16.3 Å². The lowest BCUT2D eigenvalue weighted by molar-refractivity contribution is 0.449. The van der Waals surface area contributed by atoms with Crippen molar-refractivity contribution in [1.29, 1.82) is 0 Å². The molecule has 1 aromatic rings. The molecule has 88 valence electrons. The van der Waals surface area contributed by atoms with Gasteiger partial charge in [-0.15, -0.1) is 0 Å². The molecule has 0 radical (unpaired) electrons. The molecule has 0 bridgehead atoms. The first-order valence-corrected chi connectivity index (χ1v) is 6.14. The molecule has 0 aromatic heterocycles. The Morgan fingerprint density at radius 3 is 2.56 bits per heavy atom. The van der Waals surface area contributed by atoms with Crippen LogP contribution < -0.4 is 5.73 Å². The Morgan fingerprint density at radius 1 is 1.38 bits per heavy atom. The van der Waals surface area contributed by atoms with Gasteiger partial charge in [0.25, 0.3) is 0 Å². The molecule has 0 saturated heterocycles. The Morgan fingerprint density at radius 2 is 2.00 bits per heavy atom. The first-order valence-electron chi connectivity index (χ1n) is 5.76. The van der Waals surface area contributed by atoms with E-state index in [1.165, 1.54) is 18.9 Å². The molecule has 3 heteroatoms. The number of nitrogens with two attached hydrogens (primary N) is 1. The molecular weight excluding hydrogens is 225 g/mol. The van der Waals surface area contributed by atoms with Gasteiger partial charge in [-0.1, -0.05) is 30.5 Å². The van der Waals surface area contributed by atoms with E-state index < -0.39 is 0 Å². The van der Waals surface area contributed by atoms with Crippen LogP contribution in [0.2, 0.25) is 5.02 Å². The van der Waals surface area contributed by atoms with Gasteiger partial charge in [-0.25, -0.2) is 4.39 Å². The van der Waals surface area contributed by atoms with Crippen LogP contribution in [0.1, 0.15) is 36.8 Å². The summed E-state index contributed by atoms with van der Waals surface area (Å²) < 4.78 is 13.3. The first kappa shape index (κ1) is 11.9. The first-order chi connectivity index (χ1) is 7.60. The van der Waals surface area contributed by atoms with Crippen molar-refractivity contribution in [1.82, 2.24) is 0 Å². The smallest absolute Gasteiger partial charge is 0.142 e. The van der Waals surface area contributed by atoms with Crippen LogP contribution >= 0.6 is 11.6 Å². The number of hydrogen-bond acceptors (Lipinski definition) is 1. The standard InChI is InChI=1S/C13H17ClFN/c1-9-10(4-5-11(15)12(9)14)13(8-16)6-2-3-7-13/h4-5H,2-3,6-8,16H2,1H3. The number of benzene rings is 1. The number of rotatable bonds is 2. The number of halogens is 2. The fraction of sp³-hybridized carbons (Fsp3) is 0.538. The Bertz CT molecular complexity index is 397. The molecule has 0 atom stereocenters. The molecule has 2 rings (SSSR count). The molecule has 1 aliphatic carbocycles. The molecule has 0 aliphatic heterocycles. The van der Waals surface area contributed by atoms with Crippen molar-refractivity contribution in [3.63, 3.8) is 0 Å². The topological polar surface area (TPSA) is 26.0 Å². The van der Waals surface area contributed by atoms with E-state index in [1.807, 2.05) is 13.0 Å². The third-order valence-corrected chi connectivity index (χ3v) is 4.33. The monoisotopic (exact) mass is 241 g/mol. The van der Waals surface area contributed by atoms with Crippen molar-refractivity contribution < 1.29 is 4.39 Å². The SMILES string of the molecule is Cc1c(C2(CN)CCCC2)ccc(F)c1Cl. The number of hydrogen-bond donors (Lipinski definition) is 1. The van der Waals surface area contributed by atoms with Gasteiger partial charge in [-0.2, -0.15) is 0 Å². The van der Waals surface area contributed by atoms with Gasteiger partial charge in [0.2, 0.25) is 0 Å². The van der Waals surface area contributed by atoms with Crippen molar-refractivity contribution in [3.05, 3.63) is 34.1 Å². The normalized spacial score (nSPS) is 19.0. The molecule has 2 N–H and O–H groups in total. The van der Waals surface area contributed by atoms with Gasteiger partial charge in [-0.3, -0.25) is 0 Å². The minimum atomic E-state index is -0.340. The lowest BCUT2D eigenvalue weighted by Gasteiger charge is -2.30. The molecule has 16 heavy (non-hydrogen) atoms. The minimum Gasteiger partial charge on any atom is -0.330 e. The molecule has 1 fully saturated rings. The maximum absolute atomic E-state index is 13.3. The van der Waals surface area contributed by atoms with Crippen molar-refractivity contribution in [2.45, 2.75) is 38.0 Å². The molecule has 0 spiro atoms. The summed E-state index contributed by atoms with van der Waals surface area (Å²) in [6.45, 7) is 2.51. The molecule has 1 saturated carbocycles. The van der Waals surface area contributed by atoms with Crippen molar-refractivity contribution in [2.24, 2.45) is 5.73 Å². The highest BCUT2D eigenvalue weighted by Crippen LogP contribution is 2.43. The quantitative estimate of drug-likeness (QED) is 0.842. The summed E-state index contributed by atoms with van der Waals surface area (Å²) in [7, 11) is 0. The van der Waals surface area contributed by atoms with Crippen LogP contribution in [-0.4, -0.2) is 6.54 Å². The lowest BCUT2D eigenvalue weighted by atomic mass is 9.77. The van der Waals surface area contributed by atoms with Crippen LogP contribution in [0.25, 0.3) is 0 Å². The Kier molecular flexibility index (Phi) is 3.22. The van der Waals surface area contributed by atoms with Gasteiger partial charge in [0.15, 0.2) is 0 Å². The summed E-state index contributed by atoms with van der Waals surface area (Å²) >= 11 is 5.96. The summed E-state index contributed by atoms with van der Waals surface area (Å²) in [5.41, 5.74) is 7.94. The van der Waals surface area contributed by atoms with Crippen LogP contribution in [-0.2, 0) is 5.41 Å². The van der Waals surface area contributed by atoms with E-state index >= 15 is 0 Å². The highest BCUT2D eigenvalue weighted by Gasteiger charge is 2.35. The zero-order valence-electron chi connectivity index (χ0n) is 9.52. The Hall–Kier alpha value is -0.600. The summed E-state index contributed by atoms with van der Waals surface area (Å²) in [6.07, 6.45) is 4.58. The summed E-state index contributed by atoms with van der Waals surface area (Å²) in [5.74, 6) is -0.340. The maximum Gasteiger partial charge on any atom is 0.142 e. The molecular formula is C13H17ClFN. The fourth-order valence-electron chi connectivity index (χ4n) is 2.86. The molecule has 0 amide bonds. The van der Waals surface area contributed by atoms with Crippen LogP contribution in [0, 0.1) is 12.7 Å². The summed E-state index contributed by atoms with van der Waals surface area (Å²) in [6, 6.07) is 3.31. The second kappa shape index (κ2) is 4.34. The third kappa shape index (κ3) is 1.74. The van der Waals surface area contributed by atoms with E-state index in [1.54, 1.807) is 0 Å². The predicted octanol–water partition coefficient (Wildman–Crippen LogP) is 3.56. The largest absolute Gasteiger partial charge is 0.330 e. The second-order valence-electron chi connectivity index (χ2n) is 4.73. The third-order valence-electron chi connectivity index (χ3n) is 3.86. The highest BCUT2D eigenvalue weighted by atomic mass is 35.5. The summed E-state index contributed by atoms with van der Waals surface area (Å²) in [5, 5.41) is 0.247. The highest BCUT2D eigenvalue weighted by molar-refractivity contribution is 6.31. The molecule has 0 heterocycles. The van der Waals surface area contributed by atoms with Gasteiger partial charge in [0, 0.05) is 12.0 Å². The van der Waals surface area contributed by atoms with Crippen molar-refractivity contribution >= 4 is 11.6 Å². The molecule has 1 aromatic carbocycles. The van der Waals surface area contributed by atoms with Gasteiger partial charge in [-0.05, 0) is 37.0 Å². The van der Waals surface area contributed by atoms with Crippen molar-refractivity contribution in [3.8, 4) is 0 Å². The summed E-state index contributed by atoms with van der Waals surface area (Å²) in [4.78, 5) is 0. The van der Waals surface area contributed by atoms with E-state index in [4.69, 9.17) is 17.3 Å². The average Bonchev–Trinajstić information content (AvgIpc) is 2.76. The molecule has 1 nitrogen and oxygen atoms in total. The van der Waals surface area contributed by atoms with E-state index in [0.29, 0.717) is 6.54 Å². The molecule has 0 unspecified atom stereocenters. The van der Waals surface area contributed by atoms with Crippen LogP contribution in [0.3, 0.4) is 0 Å². The van der Waals surface area contributed by atoms with Gasteiger partial charge >= 0.3 is 0 Å². The Labute approximate surface area is 101 Å². The van der Waals surface area contributed by atoms with E-state index in [0.717, 1.165) is 24.0 Å². The average molecular weight is 242 g/mol. The predicted molar refractivity (Wildman–Crippen MR) is 65.3 cm³/mol. The van der Waals surface area contributed by atoms with Gasteiger partial charge < -0.3 is 5.73 Å². The van der Waals surface area contributed by atoms with Crippen molar-refractivity contribution in [2.75, 3.05) is 6.54 Å². The van der Waals surface area contributed by atoms with Crippen LogP contribution in [0.4, 0.5) is 4.39 Å². The van der Waals surface area contributed by atoms with E-state index in [9.17, 15) is 4.39 Å². The zero-order chi connectivity index (χ0) is 11.8. The maximum atomic E-state index is 13.3. The minimum absolute atomic E-state index is 0.0292. The fourth-order valence-corrected chi connectivity index (χ4v) is 3.03. The Balaban J connectivity index is 2.51. The van der Waals surface area contributed by atoms with E-state index in [2.05, 4.69) is 0 Å². The van der Waals surface area contributed by atoms with Gasteiger partial charge in [0.1, 0.15) is 5.82 Å². The lowest BCUT2D eigenvalue weighted by Crippen LogP contribution is -2.32. The zero-order valence-corrected chi connectivity index (χ0v) is 10.3. The molecule has 1 aliphatic rings. The second-order valence-corrected chi connectivity index (χ2v) is 5.10. The van der Waals surface area contributed by atoms with Crippen LogP contribution in [0.5, 0.6) is 0 Å². The van der Waals surface area contributed by atoms with Gasteiger partial charge in [0.05, 0.1) is 5.02 Å².